The fourth-order valence-corrected chi connectivity index (χ4v) is 4.39. The van der Waals surface area contributed by atoms with Gasteiger partial charge < -0.3 is 4.74 Å². The Morgan fingerprint density at radius 3 is 2.03 bits per heavy atom. The van der Waals surface area contributed by atoms with E-state index in [0.717, 1.165) is 55.5 Å². The predicted molar refractivity (Wildman–Crippen MR) is 134 cm³/mol. The molecule has 170 valence electrons. The second-order valence-corrected chi connectivity index (χ2v) is 8.25. The number of aromatic nitrogens is 3. The Morgan fingerprint density at radius 1 is 0.714 bits per heavy atom. The number of benzene rings is 4. The van der Waals surface area contributed by atoms with Crippen LogP contribution < -0.4 is 4.74 Å². The van der Waals surface area contributed by atoms with Gasteiger partial charge in [0.15, 0.2) is 0 Å². The molecule has 0 saturated carbocycles. The number of methoxy groups -OCH3 is 1. The predicted octanol–water partition coefficient (Wildman–Crippen LogP) is 7.19. The molecule has 0 fully saturated rings. The third-order valence-electron chi connectivity index (χ3n) is 6.15. The highest BCUT2D eigenvalue weighted by molar-refractivity contribution is 6.10. The first kappa shape index (κ1) is 21.0. The van der Waals surface area contributed by atoms with E-state index in [9.17, 15) is 8.78 Å². The lowest BCUT2D eigenvalue weighted by atomic mass is 9.95. The van der Waals surface area contributed by atoms with Gasteiger partial charge in [0.1, 0.15) is 17.4 Å². The van der Waals surface area contributed by atoms with Crippen molar-refractivity contribution in [2.24, 2.45) is 0 Å². The van der Waals surface area contributed by atoms with E-state index in [2.05, 4.69) is 5.10 Å². The van der Waals surface area contributed by atoms with Crippen LogP contribution in [0.25, 0.3) is 49.7 Å². The lowest BCUT2D eigenvalue weighted by Crippen LogP contribution is -1.98. The van der Waals surface area contributed by atoms with Crippen LogP contribution in [0.1, 0.15) is 0 Å². The molecule has 0 unspecified atom stereocenters. The summed E-state index contributed by atoms with van der Waals surface area (Å²) < 4.78 is 34.5. The van der Waals surface area contributed by atoms with E-state index in [1.807, 2.05) is 41.1 Å². The quantitative estimate of drug-likeness (QED) is 0.278. The Bertz CT molecular complexity index is 1670. The summed E-state index contributed by atoms with van der Waals surface area (Å²) in [4.78, 5) is 4.76. The first-order valence-corrected chi connectivity index (χ1v) is 11.1. The van der Waals surface area contributed by atoms with Crippen LogP contribution in [-0.2, 0) is 0 Å². The first-order chi connectivity index (χ1) is 17.1. The van der Waals surface area contributed by atoms with E-state index in [1.165, 1.54) is 24.3 Å². The lowest BCUT2D eigenvalue weighted by Gasteiger charge is -2.13. The fraction of sp³-hybridized carbons (Fsp3) is 0.0345. The number of ether oxygens (including phenoxy) is 1. The van der Waals surface area contributed by atoms with Crippen molar-refractivity contribution in [2.75, 3.05) is 7.11 Å². The van der Waals surface area contributed by atoms with Crippen LogP contribution >= 0.6 is 0 Å². The molecule has 0 atom stereocenters. The summed E-state index contributed by atoms with van der Waals surface area (Å²) >= 11 is 0. The minimum absolute atomic E-state index is 0.296. The number of nitrogens with zero attached hydrogens (tertiary/aromatic N) is 3. The second-order valence-electron chi connectivity index (χ2n) is 8.25. The van der Waals surface area contributed by atoms with E-state index in [-0.39, 0.29) is 11.6 Å². The van der Waals surface area contributed by atoms with Crippen molar-refractivity contribution < 1.29 is 13.5 Å². The van der Waals surface area contributed by atoms with Crippen LogP contribution in [0.4, 0.5) is 8.78 Å². The van der Waals surface area contributed by atoms with Gasteiger partial charge in [-0.1, -0.05) is 24.3 Å². The van der Waals surface area contributed by atoms with Crippen molar-refractivity contribution in [1.82, 2.24) is 14.8 Å². The molecule has 2 aromatic heterocycles. The Labute approximate surface area is 200 Å². The molecule has 4 nitrogen and oxygen atoms in total. The minimum atomic E-state index is -0.305. The van der Waals surface area contributed by atoms with Crippen molar-refractivity contribution in [3.63, 3.8) is 0 Å². The van der Waals surface area contributed by atoms with Gasteiger partial charge in [-0.3, -0.25) is 4.98 Å². The van der Waals surface area contributed by atoms with Gasteiger partial charge in [0.2, 0.25) is 0 Å². The number of hydrogen-bond donors (Lipinski definition) is 0. The summed E-state index contributed by atoms with van der Waals surface area (Å²) in [5.41, 5.74) is 5.99. The fourth-order valence-electron chi connectivity index (χ4n) is 4.39. The molecule has 0 aliphatic rings. The summed E-state index contributed by atoms with van der Waals surface area (Å²) in [6, 6.07) is 24.5. The zero-order valence-corrected chi connectivity index (χ0v) is 18.7. The molecule has 4 aromatic carbocycles. The molecule has 0 spiro atoms. The molecule has 35 heavy (non-hydrogen) atoms. The standard InChI is InChI=1S/C29H19F2N3O/c1-35-25-12-10-24(11-13-25)34-29-21(17-33-34)16-32-28-26(19-4-8-23(31)9-5-19)14-20(15-27(28)29)18-2-6-22(30)7-3-18/h2-17H,1H3. The Kier molecular flexibility index (Phi) is 4.99. The van der Waals surface area contributed by atoms with Crippen LogP contribution in [0.15, 0.2) is 97.3 Å². The molecule has 0 radical (unpaired) electrons. The van der Waals surface area contributed by atoms with Crippen molar-refractivity contribution in [1.29, 1.82) is 0 Å². The normalized spacial score (nSPS) is 11.3. The van der Waals surface area contributed by atoms with Crippen LogP contribution in [0.3, 0.4) is 0 Å². The molecule has 0 bridgehead atoms. The average molecular weight is 463 g/mol. The van der Waals surface area contributed by atoms with Gasteiger partial charge in [-0.2, -0.15) is 5.10 Å². The van der Waals surface area contributed by atoms with E-state index in [1.54, 1.807) is 43.8 Å². The average Bonchev–Trinajstić information content (AvgIpc) is 3.34. The number of pyridine rings is 1. The van der Waals surface area contributed by atoms with E-state index < -0.39 is 0 Å². The van der Waals surface area contributed by atoms with Gasteiger partial charge in [0, 0.05) is 22.5 Å². The molecule has 0 amide bonds. The molecule has 2 heterocycles. The number of hydrogen-bond acceptors (Lipinski definition) is 3. The lowest BCUT2D eigenvalue weighted by molar-refractivity contribution is 0.414. The topological polar surface area (TPSA) is 39.9 Å². The van der Waals surface area contributed by atoms with Crippen molar-refractivity contribution >= 4 is 21.8 Å². The van der Waals surface area contributed by atoms with Gasteiger partial charge >= 0.3 is 0 Å². The van der Waals surface area contributed by atoms with Gasteiger partial charge in [-0.25, -0.2) is 13.5 Å². The summed E-state index contributed by atoms with van der Waals surface area (Å²) in [5, 5.41) is 6.41. The van der Waals surface area contributed by atoms with Crippen LogP contribution in [0.5, 0.6) is 5.75 Å². The van der Waals surface area contributed by atoms with Gasteiger partial charge in [-0.15, -0.1) is 0 Å². The minimum Gasteiger partial charge on any atom is -0.497 e. The first-order valence-electron chi connectivity index (χ1n) is 11.1. The van der Waals surface area contributed by atoms with Gasteiger partial charge in [-0.05, 0) is 77.4 Å². The summed E-state index contributed by atoms with van der Waals surface area (Å²) in [6.45, 7) is 0. The van der Waals surface area contributed by atoms with Crippen LogP contribution in [-0.4, -0.2) is 21.9 Å². The second kappa shape index (κ2) is 8.33. The molecular weight excluding hydrogens is 444 g/mol. The van der Waals surface area contributed by atoms with Crippen molar-refractivity contribution in [2.45, 2.75) is 0 Å². The maximum atomic E-state index is 13.7. The SMILES string of the molecule is COc1ccc(-n2ncc3cnc4c(-c5ccc(F)cc5)cc(-c5ccc(F)cc5)cc4c32)cc1. The number of fused-ring (bicyclic) bond motifs is 3. The van der Waals surface area contributed by atoms with Crippen LogP contribution in [0, 0.1) is 11.6 Å². The maximum Gasteiger partial charge on any atom is 0.123 e. The van der Waals surface area contributed by atoms with Crippen molar-refractivity contribution in [3.05, 3.63) is 109 Å². The number of halogens is 2. The zero-order valence-electron chi connectivity index (χ0n) is 18.7. The maximum absolute atomic E-state index is 13.7. The molecule has 0 saturated heterocycles. The third kappa shape index (κ3) is 3.69. The molecular formula is C29H19F2N3O. The third-order valence-corrected chi connectivity index (χ3v) is 6.15. The zero-order chi connectivity index (χ0) is 23.9. The number of rotatable bonds is 4. The molecule has 6 aromatic rings. The van der Waals surface area contributed by atoms with E-state index in [4.69, 9.17) is 9.72 Å². The molecule has 0 aliphatic carbocycles. The molecule has 0 N–H and O–H groups in total. The Balaban J connectivity index is 1.67. The van der Waals surface area contributed by atoms with Crippen LogP contribution in [0.2, 0.25) is 0 Å². The summed E-state index contributed by atoms with van der Waals surface area (Å²) in [6.07, 6.45) is 3.59. The van der Waals surface area contributed by atoms with Crippen molar-refractivity contribution in [3.8, 4) is 33.7 Å². The molecule has 6 rings (SSSR count). The summed E-state index contributed by atoms with van der Waals surface area (Å²) in [7, 11) is 1.63. The summed E-state index contributed by atoms with van der Waals surface area (Å²) in [5.74, 6) is 0.157. The largest absolute Gasteiger partial charge is 0.497 e. The van der Waals surface area contributed by atoms with Gasteiger partial charge in [0.05, 0.1) is 30.0 Å². The smallest absolute Gasteiger partial charge is 0.123 e. The highest BCUT2D eigenvalue weighted by Crippen LogP contribution is 2.37. The highest BCUT2D eigenvalue weighted by Gasteiger charge is 2.16. The van der Waals surface area contributed by atoms with E-state index in [0.29, 0.717) is 0 Å². The Hall–Kier alpha value is -4.58. The highest BCUT2D eigenvalue weighted by atomic mass is 19.1. The Morgan fingerprint density at radius 2 is 1.37 bits per heavy atom. The van der Waals surface area contributed by atoms with Gasteiger partial charge in [0.25, 0.3) is 0 Å². The molecule has 6 heteroatoms. The van der Waals surface area contributed by atoms with E-state index >= 15 is 0 Å². The monoisotopic (exact) mass is 463 g/mol. The molecule has 0 aliphatic heterocycles.